The van der Waals surface area contributed by atoms with Gasteiger partial charge in [0.1, 0.15) is 5.82 Å². The summed E-state index contributed by atoms with van der Waals surface area (Å²) in [5, 5.41) is 19.7. The van der Waals surface area contributed by atoms with Gasteiger partial charge in [-0.25, -0.2) is 0 Å². The first-order valence-corrected chi connectivity index (χ1v) is 9.39. The molecule has 7 nitrogen and oxygen atoms in total. The molecule has 1 N–H and O–H groups in total. The standard InChI is InChI=1S/C20H22N6O/c1-2-3-12-20(24-25-20)13-11-18(27)21-16-9-7-15(8-10-16)19-23-22-17-6-4-5-14-26(17)19/h1,7-10H,3-6,11-14H2,(H,21,27). The van der Waals surface area contributed by atoms with Crippen molar-refractivity contribution in [3.05, 3.63) is 30.1 Å². The van der Waals surface area contributed by atoms with Crippen LogP contribution < -0.4 is 5.32 Å². The van der Waals surface area contributed by atoms with Gasteiger partial charge in [0.05, 0.1) is 0 Å². The molecule has 0 aliphatic carbocycles. The third kappa shape index (κ3) is 3.90. The van der Waals surface area contributed by atoms with E-state index in [4.69, 9.17) is 6.42 Å². The molecule has 0 bridgehead atoms. The molecule has 27 heavy (non-hydrogen) atoms. The van der Waals surface area contributed by atoms with Gasteiger partial charge in [-0.3, -0.25) is 4.79 Å². The van der Waals surface area contributed by atoms with E-state index in [0.717, 1.165) is 42.3 Å². The molecule has 2 aromatic rings. The average molecular weight is 362 g/mol. The maximum Gasteiger partial charge on any atom is 0.224 e. The maximum absolute atomic E-state index is 12.2. The summed E-state index contributed by atoms with van der Waals surface area (Å²) < 4.78 is 2.19. The van der Waals surface area contributed by atoms with Crippen LogP contribution in [0.15, 0.2) is 34.5 Å². The predicted octanol–water partition coefficient (Wildman–Crippen LogP) is 3.58. The van der Waals surface area contributed by atoms with Crippen LogP contribution in [-0.2, 0) is 17.8 Å². The smallest absolute Gasteiger partial charge is 0.224 e. The zero-order chi connectivity index (χ0) is 18.7. The van der Waals surface area contributed by atoms with Gasteiger partial charge in [-0.05, 0) is 37.1 Å². The van der Waals surface area contributed by atoms with Crippen LogP contribution in [0.2, 0.25) is 0 Å². The molecule has 3 heterocycles. The molecule has 0 saturated carbocycles. The van der Waals surface area contributed by atoms with E-state index in [9.17, 15) is 4.79 Å². The van der Waals surface area contributed by atoms with Crippen LogP contribution >= 0.6 is 0 Å². The number of fused-ring (bicyclic) bond motifs is 1. The lowest BCUT2D eigenvalue weighted by Crippen LogP contribution is -2.17. The second-order valence-corrected chi connectivity index (χ2v) is 7.06. The summed E-state index contributed by atoms with van der Waals surface area (Å²) in [6.45, 7) is 0.966. The van der Waals surface area contributed by atoms with Gasteiger partial charge in [-0.2, -0.15) is 10.2 Å². The normalized spacial score (nSPS) is 16.4. The Morgan fingerprint density at radius 3 is 2.74 bits per heavy atom. The highest BCUT2D eigenvalue weighted by molar-refractivity contribution is 5.91. The van der Waals surface area contributed by atoms with Crippen LogP contribution in [0.4, 0.5) is 5.69 Å². The lowest BCUT2D eigenvalue weighted by atomic mass is 10.0. The van der Waals surface area contributed by atoms with Gasteiger partial charge in [0, 0.05) is 49.9 Å². The highest BCUT2D eigenvalue weighted by Gasteiger charge is 2.39. The quantitative estimate of drug-likeness (QED) is 0.764. The molecular weight excluding hydrogens is 340 g/mol. The van der Waals surface area contributed by atoms with Crippen LogP contribution in [0.25, 0.3) is 11.4 Å². The Morgan fingerprint density at radius 2 is 2.00 bits per heavy atom. The SMILES string of the molecule is C#CCCC1(CCC(=O)Nc2ccc(-c3nnc4n3CCCC4)cc2)N=N1. The van der Waals surface area contributed by atoms with Gasteiger partial charge in [0.15, 0.2) is 11.5 Å². The van der Waals surface area contributed by atoms with Gasteiger partial charge < -0.3 is 9.88 Å². The molecule has 138 valence electrons. The summed E-state index contributed by atoms with van der Waals surface area (Å²) in [6, 6.07) is 7.75. The summed E-state index contributed by atoms with van der Waals surface area (Å²) in [4.78, 5) is 12.2. The van der Waals surface area contributed by atoms with Gasteiger partial charge in [0.25, 0.3) is 0 Å². The number of hydrogen-bond donors (Lipinski definition) is 1. The summed E-state index contributed by atoms with van der Waals surface area (Å²) in [7, 11) is 0. The number of hydrogen-bond acceptors (Lipinski definition) is 5. The molecule has 1 amide bonds. The summed E-state index contributed by atoms with van der Waals surface area (Å²) in [6.07, 6.45) is 10.9. The topological polar surface area (TPSA) is 84.5 Å². The van der Waals surface area contributed by atoms with Crippen LogP contribution in [0, 0.1) is 12.3 Å². The summed E-state index contributed by atoms with van der Waals surface area (Å²) in [5.74, 6) is 4.51. The number of terminal acetylenes is 1. The highest BCUT2D eigenvalue weighted by Crippen LogP contribution is 2.37. The fourth-order valence-corrected chi connectivity index (χ4v) is 3.43. The minimum Gasteiger partial charge on any atom is -0.326 e. The zero-order valence-corrected chi connectivity index (χ0v) is 15.2. The molecule has 1 aromatic carbocycles. The molecule has 0 fully saturated rings. The number of nitrogens with one attached hydrogen (secondary N) is 1. The Balaban J connectivity index is 1.34. The minimum atomic E-state index is -0.416. The fourth-order valence-electron chi connectivity index (χ4n) is 3.43. The molecule has 0 saturated heterocycles. The first kappa shape index (κ1) is 17.4. The largest absolute Gasteiger partial charge is 0.326 e. The van der Waals surface area contributed by atoms with Crippen molar-refractivity contribution in [2.75, 3.05) is 5.32 Å². The molecule has 0 unspecified atom stereocenters. The third-order valence-corrected chi connectivity index (χ3v) is 5.09. The average Bonchev–Trinajstić information content (AvgIpc) is 3.35. The van der Waals surface area contributed by atoms with Crippen LogP contribution in [-0.4, -0.2) is 26.3 Å². The number of nitrogens with zero attached hydrogens (tertiary/aromatic N) is 5. The first-order valence-electron chi connectivity index (χ1n) is 9.39. The number of carbonyl (C=O) groups excluding carboxylic acids is 1. The van der Waals surface area contributed by atoms with Crippen molar-refractivity contribution in [3.8, 4) is 23.7 Å². The predicted molar refractivity (Wildman–Crippen MR) is 102 cm³/mol. The molecular formula is C20H22N6O. The number of anilines is 1. The first-order chi connectivity index (χ1) is 13.2. The van der Waals surface area contributed by atoms with Crippen molar-refractivity contribution in [1.82, 2.24) is 14.8 Å². The lowest BCUT2D eigenvalue weighted by molar-refractivity contribution is -0.116. The van der Waals surface area contributed by atoms with Crippen molar-refractivity contribution in [2.45, 2.75) is 57.2 Å². The van der Waals surface area contributed by atoms with Crippen molar-refractivity contribution in [3.63, 3.8) is 0 Å². The Labute approximate surface area is 158 Å². The van der Waals surface area contributed by atoms with Crippen LogP contribution in [0.3, 0.4) is 0 Å². The summed E-state index contributed by atoms with van der Waals surface area (Å²) in [5.41, 5.74) is 1.36. The molecule has 2 aliphatic heterocycles. The van der Waals surface area contributed by atoms with E-state index in [1.807, 2.05) is 24.3 Å². The fraction of sp³-hybridized carbons (Fsp3) is 0.450. The van der Waals surface area contributed by atoms with Crippen LogP contribution in [0.1, 0.15) is 44.3 Å². The van der Waals surface area contributed by atoms with Gasteiger partial charge in [0.2, 0.25) is 5.91 Å². The van der Waals surface area contributed by atoms with Crippen molar-refractivity contribution >= 4 is 11.6 Å². The minimum absolute atomic E-state index is 0.0417. The van der Waals surface area contributed by atoms with E-state index >= 15 is 0 Å². The van der Waals surface area contributed by atoms with E-state index in [0.29, 0.717) is 25.7 Å². The Morgan fingerprint density at radius 1 is 1.19 bits per heavy atom. The number of amides is 1. The Bertz CT molecular complexity index is 900. The van der Waals surface area contributed by atoms with Crippen LogP contribution in [0.5, 0.6) is 0 Å². The van der Waals surface area contributed by atoms with E-state index in [-0.39, 0.29) is 5.91 Å². The zero-order valence-electron chi connectivity index (χ0n) is 15.2. The molecule has 0 spiro atoms. The Hall–Kier alpha value is -3.01. The third-order valence-electron chi connectivity index (χ3n) is 5.09. The summed E-state index contributed by atoms with van der Waals surface area (Å²) >= 11 is 0. The molecule has 0 atom stereocenters. The van der Waals surface area contributed by atoms with E-state index < -0.39 is 5.66 Å². The molecule has 1 aromatic heterocycles. The van der Waals surface area contributed by atoms with Crippen molar-refractivity contribution in [1.29, 1.82) is 0 Å². The monoisotopic (exact) mass is 362 g/mol. The van der Waals surface area contributed by atoms with Gasteiger partial charge in [-0.1, -0.05) is 0 Å². The molecule has 4 rings (SSSR count). The van der Waals surface area contributed by atoms with Crippen molar-refractivity contribution in [2.24, 2.45) is 10.2 Å². The number of carbonyl (C=O) groups is 1. The van der Waals surface area contributed by atoms with Gasteiger partial charge in [-0.15, -0.1) is 22.5 Å². The number of rotatable bonds is 7. The molecule has 7 heteroatoms. The highest BCUT2D eigenvalue weighted by atomic mass is 16.1. The lowest BCUT2D eigenvalue weighted by Gasteiger charge is -2.15. The van der Waals surface area contributed by atoms with Gasteiger partial charge >= 0.3 is 0 Å². The van der Waals surface area contributed by atoms with E-state index in [1.54, 1.807) is 0 Å². The Kier molecular flexibility index (Phi) is 4.71. The van der Waals surface area contributed by atoms with Crippen molar-refractivity contribution < 1.29 is 4.79 Å². The van der Waals surface area contributed by atoms with E-state index in [2.05, 4.69) is 36.2 Å². The molecule has 0 radical (unpaired) electrons. The van der Waals surface area contributed by atoms with E-state index in [1.165, 1.54) is 6.42 Å². The number of benzene rings is 1. The number of aromatic nitrogens is 3. The second-order valence-electron chi connectivity index (χ2n) is 7.06. The number of aryl methyl sites for hydroxylation is 1. The second kappa shape index (κ2) is 7.31. The maximum atomic E-state index is 12.2. The molecule has 2 aliphatic rings.